The number of hydrogen-bond donors (Lipinski definition) is 3. The Balaban J connectivity index is 1.87. The van der Waals surface area contributed by atoms with Gasteiger partial charge in [0.05, 0.1) is 24.9 Å². The highest BCUT2D eigenvalue weighted by Crippen LogP contribution is 2.37. The maximum atomic E-state index is 9.10. The molecular weight excluding hydrogens is 238 g/mol. The average molecular weight is 261 g/mol. The van der Waals surface area contributed by atoms with E-state index in [4.69, 9.17) is 14.9 Å². The molecule has 5 heteroatoms. The molecule has 1 unspecified atom stereocenters. The fourth-order valence-electron chi connectivity index (χ4n) is 2.76. The van der Waals surface area contributed by atoms with E-state index in [-0.39, 0.29) is 24.9 Å². The molecule has 100 valence electrons. The van der Waals surface area contributed by atoms with E-state index in [1.165, 1.54) is 11.5 Å². The predicted octanol–water partition coefficient (Wildman–Crippen LogP) is 0.374. The Labute approximate surface area is 107 Å². The Hall–Kier alpha value is 0.190. The average Bonchev–Trinajstić information content (AvgIpc) is 2.37. The van der Waals surface area contributed by atoms with E-state index in [0.29, 0.717) is 6.04 Å². The van der Waals surface area contributed by atoms with E-state index in [0.717, 1.165) is 32.3 Å². The van der Waals surface area contributed by atoms with Crippen molar-refractivity contribution in [1.29, 1.82) is 0 Å². The molecule has 0 aromatic heterocycles. The van der Waals surface area contributed by atoms with Crippen LogP contribution in [-0.4, -0.2) is 59.2 Å². The highest BCUT2D eigenvalue weighted by molar-refractivity contribution is 7.99. The fraction of sp³-hybridized carbons (Fsp3) is 1.00. The first-order valence-electron chi connectivity index (χ1n) is 6.47. The van der Waals surface area contributed by atoms with Crippen molar-refractivity contribution in [2.75, 3.05) is 31.3 Å². The quantitative estimate of drug-likeness (QED) is 0.683. The molecule has 2 aliphatic heterocycles. The van der Waals surface area contributed by atoms with Crippen molar-refractivity contribution in [3.8, 4) is 0 Å². The molecule has 0 aromatic carbocycles. The number of ether oxygens (including phenoxy) is 1. The van der Waals surface area contributed by atoms with Crippen LogP contribution in [0.4, 0.5) is 0 Å². The van der Waals surface area contributed by atoms with Gasteiger partial charge in [-0.05, 0) is 37.2 Å². The van der Waals surface area contributed by atoms with Gasteiger partial charge < -0.3 is 20.3 Å². The van der Waals surface area contributed by atoms with Gasteiger partial charge in [-0.15, -0.1) is 0 Å². The molecule has 0 aliphatic carbocycles. The topological polar surface area (TPSA) is 61.7 Å². The van der Waals surface area contributed by atoms with Gasteiger partial charge in [0.2, 0.25) is 0 Å². The first-order chi connectivity index (χ1) is 8.28. The number of nitrogens with one attached hydrogen (secondary N) is 1. The van der Waals surface area contributed by atoms with Crippen LogP contribution in [0, 0.1) is 0 Å². The molecule has 17 heavy (non-hydrogen) atoms. The number of aliphatic hydroxyl groups excluding tert-OH is 2. The highest BCUT2D eigenvalue weighted by atomic mass is 32.2. The fourth-order valence-corrected chi connectivity index (χ4v) is 4.00. The molecule has 2 fully saturated rings. The Kier molecular flexibility index (Phi) is 5.11. The summed E-state index contributed by atoms with van der Waals surface area (Å²) in [7, 11) is 0. The van der Waals surface area contributed by atoms with E-state index in [1.807, 2.05) is 11.8 Å². The predicted molar refractivity (Wildman–Crippen MR) is 69.4 cm³/mol. The molecule has 0 saturated carbocycles. The number of aliphatic hydroxyl groups is 2. The van der Waals surface area contributed by atoms with Crippen LogP contribution in [0.1, 0.15) is 25.7 Å². The summed E-state index contributed by atoms with van der Waals surface area (Å²) < 4.78 is 6.01. The van der Waals surface area contributed by atoms with Crippen molar-refractivity contribution in [2.45, 2.75) is 43.4 Å². The first kappa shape index (κ1) is 13.6. The Morgan fingerprint density at radius 1 is 1.29 bits per heavy atom. The Bertz CT molecular complexity index is 224. The van der Waals surface area contributed by atoms with Gasteiger partial charge >= 0.3 is 0 Å². The maximum Gasteiger partial charge on any atom is 0.0713 e. The largest absolute Gasteiger partial charge is 0.395 e. The molecule has 2 rings (SSSR count). The maximum absolute atomic E-state index is 9.10. The van der Waals surface area contributed by atoms with Crippen molar-refractivity contribution in [1.82, 2.24) is 5.32 Å². The molecule has 2 saturated heterocycles. The van der Waals surface area contributed by atoms with Gasteiger partial charge in [0.25, 0.3) is 0 Å². The lowest BCUT2D eigenvalue weighted by Gasteiger charge is -2.44. The van der Waals surface area contributed by atoms with Gasteiger partial charge in [-0.3, -0.25) is 0 Å². The Morgan fingerprint density at radius 2 is 2.00 bits per heavy atom. The summed E-state index contributed by atoms with van der Waals surface area (Å²) >= 11 is 2.01. The summed E-state index contributed by atoms with van der Waals surface area (Å²) in [6.45, 7) is 0.791. The molecule has 1 atom stereocenters. The monoisotopic (exact) mass is 261 g/mol. The first-order valence-corrected chi connectivity index (χ1v) is 7.63. The van der Waals surface area contributed by atoms with Crippen molar-refractivity contribution in [3.63, 3.8) is 0 Å². The second kappa shape index (κ2) is 6.38. The van der Waals surface area contributed by atoms with E-state index >= 15 is 0 Å². The van der Waals surface area contributed by atoms with E-state index in [9.17, 15) is 0 Å². The van der Waals surface area contributed by atoms with Crippen LogP contribution in [0.15, 0.2) is 0 Å². The zero-order valence-electron chi connectivity index (χ0n) is 10.2. The van der Waals surface area contributed by atoms with Crippen molar-refractivity contribution in [2.24, 2.45) is 0 Å². The van der Waals surface area contributed by atoms with Gasteiger partial charge in [0, 0.05) is 12.6 Å². The van der Waals surface area contributed by atoms with Crippen molar-refractivity contribution >= 4 is 11.8 Å². The summed E-state index contributed by atoms with van der Waals surface area (Å²) in [6.07, 6.45) is 4.27. The molecule has 0 amide bonds. The van der Waals surface area contributed by atoms with Crippen molar-refractivity contribution in [3.05, 3.63) is 0 Å². The molecule has 0 aromatic rings. The minimum Gasteiger partial charge on any atom is -0.395 e. The second-order valence-corrected chi connectivity index (χ2v) is 6.29. The molecule has 4 nitrogen and oxygen atoms in total. The smallest absolute Gasteiger partial charge is 0.0713 e. The van der Waals surface area contributed by atoms with Crippen LogP contribution < -0.4 is 5.32 Å². The lowest BCUT2D eigenvalue weighted by molar-refractivity contribution is -0.0953. The van der Waals surface area contributed by atoms with Crippen molar-refractivity contribution < 1.29 is 14.9 Å². The van der Waals surface area contributed by atoms with Gasteiger partial charge in [-0.2, -0.15) is 11.8 Å². The minimum atomic E-state index is -0.187. The van der Waals surface area contributed by atoms with E-state index in [2.05, 4.69) is 5.32 Å². The summed E-state index contributed by atoms with van der Waals surface area (Å²) in [5.74, 6) is 2.38. The third kappa shape index (κ3) is 3.58. The van der Waals surface area contributed by atoms with Crippen LogP contribution in [0.3, 0.4) is 0 Å². The van der Waals surface area contributed by atoms with Crippen LogP contribution in [0.5, 0.6) is 0 Å². The molecule has 2 aliphatic rings. The summed E-state index contributed by atoms with van der Waals surface area (Å²) in [5, 5.41) is 21.5. The van der Waals surface area contributed by atoms with Gasteiger partial charge in [0.15, 0.2) is 0 Å². The lowest BCUT2D eigenvalue weighted by atomic mass is 9.85. The molecule has 1 spiro atoms. The highest BCUT2D eigenvalue weighted by Gasteiger charge is 2.38. The molecule has 0 radical (unpaired) electrons. The molecule has 0 bridgehead atoms. The standard InChI is InChI=1S/C12H23NO3S/c14-8-11(9-15)13-10-1-4-16-12(7-10)2-5-17-6-3-12/h10-11,13-15H,1-9H2. The normalized spacial score (nSPS) is 28.8. The minimum absolute atomic E-state index is 0.00326. The summed E-state index contributed by atoms with van der Waals surface area (Å²) in [4.78, 5) is 0. The zero-order valence-corrected chi connectivity index (χ0v) is 11.0. The molecule has 2 heterocycles. The number of hydrogen-bond acceptors (Lipinski definition) is 5. The molecular formula is C12H23NO3S. The van der Waals surface area contributed by atoms with E-state index in [1.54, 1.807) is 0 Å². The van der Waals surface area contributed by atoms with Crippen LogP contribution in [0.25, 0.3) is 0 Å². The number of thioether (sulfide) groups is 1. The number of rotatable bonds is 4. The lowest BCUT2D eigenvalue weighted by Crippen LogP contribution is -2.52. The molecule has 3 N–H and O–H groups in total. The Morgan fingerprint density at radius 3 is 2.65 bits per heavy atom. The van der Waals surface area contributed by atoms with Crippen LogP contribution in [0.2, 0.25) is 0 Å². The van der Waals surface area contributed by atoms with Gasteiger partial charge in [-0.1, -0.05) is 0 Å². The third-order valence-electron chi connectivity index (χ3n) is 3.81. The zero-order chi connectivity index (χ0) is 12.1. The van der Waals surface area contributed by atoms with Crippen LogP contribution >= 0.6 is 11.8 Å². The van der Waals surface area contributed by atoms with Crippen LogP contribution in [-0.2, 0) is 4.74 Å². The summed E-state index contributed by atoms with van der Waals surface area (Å²) in [6, 6.07) is 0.185. The second-order valence-electron chi connectivity index (χ2n) is 5.06. The van der Waals surface area contributed by atoms with Gasteiger partial charge in [0.1, 0.15) is 0 Å². The summed E-state index contributed by atoms with van der Waals surface area (Å²) in [5.41, 5.74) is 0.0661. The van der Waals surface area contributed by atoms with E-state index < -0.39 is 0 Å². The third-order valence-corrected chi connectivity index (χ3v) is 4.79. The van der Waals surface area contributed by atoms with Gasteiger partial charge in [-0.25, -0.2) is 0 Å². The SMILES string of the molecule is OCC(CO)NC1CCOC2(CCSCC2)C1.